The first-order valence-electron chi connectivity index (χ1n) is 9.63. The highest BCUT2D eigenvalue weighted by Crippen LogP contribution is 2.36. The van der Waals surface area contributed by atoms with Crippen LogP contribution in [-0.4, -0.2) is 37.8 Å². The second-order valence-electron chi connectivity index (χ2n) is 6.91. The molecule has 0 unspecified atom stereocenters. The number of benzene rings is 2. The maximum absolute atomic E-state index is 12.7. The molecule has 2 amide bonds. The van der Waals surface area contributed by atoms with Gasteiger partial charge in [0.1, 0.15) is 5.75 Å². The first kappa shape index (κ1) is 22.2. The minimum atomic E-state index is -3.68. The Labute approximate surface area is 180 Å². The molecule has 0 aromatic heterocycles. The molecule has 2 N–H and O–H groups in total. The Bertz CT molecular complexity index is 1040. The molecule has 0 fully saturated rings. The topological polar surface area (TPSA) is 102 Å². The van der Waals surface area contributed by atoms with Crippen molar-refractivity contribution in [1.82, 2.24) is 0 Å². The number of sulfone groups is 1. The molecule has 0 radical (unpaired) electrons. The van der Waals surface area contributed by atoms with Gasteiger partial charge in [-0.3, -0.25) is 9.59 Å². The lowest BCUT2D eigenvalue weighted by atomic mass is 10.3. The second kappa shape index (κ2) is 9.53. The van der Waals surface area contributed by atoms with Crippen LogP contribution in [0.1, 0.15) is 26.7 Å². The first-order valence-corrected chi connectivity index (χ1v) is 12.2. The van der Waals surface area contributed by atoms with Gasteiger partial charge in [0, 0.05) is 28.7 Å². The lowest BCUT2D eigenvalue weighted by Gasteiger charge is -2.11. The van der Waals surface area contributed by atoms with Gasteiger partial charge in [-0.2, -0.15) is 0 Å². The summed E-state index contributed by atoms with van der Waals surface area (Å²) in [5.41, 5.74) is 1.06. The Balaban J connectivity index is 1.63. The van der Waals surface area contributed by atoms with Crippen molar-refractivity contribution in [2.45, 2.75) is 41.7 Å². The molecule has 0 bridgehead atoms. The van der Waals surface area contributed by atoms with E-state index < -0.39 is 15.7 Å². The molecule has 0 saturated carbocycles. The zero-order valence-electron chi connectivity index (χ0n) is 16.8. The van der Waals surface area contributed by atoms with Gasteiger partial charge in [-0.15, -0.1) is 11.8 Å². The Morgan fingerprint density at radius 3 is 2.67 bits per heavy atom. The van der Waals surface area contributed by atoms with Crippen LogP contribution in [0.3, 0.4) is 0 Å². The number of ether oxygens (including phenoxy) is 1. The Morgan fingerprint density at radius 2 is 1.97 bits per heavy atom. The van der Waals surface area contributed by atoms with E-state index in [1.807, 2.05) is 13.8 Å². The van der Waals surface area contributed by atoms with Gasteiger partial charge in [0.15, 0.2) is 9.84 Å². The maximum Gasteiger partial charge on any atom is 0.225 e. The molecule has 1 heterocycles. The lowest BCUT2D eigenvalue weighted by molar-refractivity contribution is -0.116. The predicted molar refractivity (Wildman–Crippen MR) is 118 cm³/mol. The van der Waals surface area contributed by atoms with Crippen LogP contribution in [0.25, 0.3) is 0 Å². The fraction of sp³-hybridized carbons (Fsp3) is 0.333. The largest absolute Gasteiger partial charge is 0.494 e. The third-order valence-electron chi connectivity index (χ3n) is 4.43. The number of nitrogens with one attached hydrogen (secondary N) is 2. The van der Waals surface area contributed by atoms with Crippen LogP contribution >= 0.6 is 11.8 Å². The summed E-state index contributed by atoms with van der Waals surface area (Å²) in [6, 6.07) is 11.6. The van der Waals surface area contributed by atoms with Gasteiger partial charge in [0.05, 0.1) is 22.9 Å². The van der Waals surface area contributed by atoms with E-state index in [9.17, 15) is 18.0 Å². The highest BCUT2D eigenvalue weighted by Gasteiger charge is 2.23. The fourth-order valence-corrected chi connectivity index (χ4v) is 5.31. The number of hydrogen-bond donors (Lipinski definition) is 2. The molecule has 0 aliphatic carbocycles. The lowest BCUT2D eigenvalue weighted by Crippen LogP contribution is -2.18. The summed E-state index contributed by atoms with van der Waals surface area (Å²) in [5, 5.41) is 5.56. The summed E-state index contributed by atoms with van der Waals surface area (Å²) >= 11 is 1.53. The van der Waals surface area contributed by atoms with Gasteiger partial charge in [-0.25, -0.2) is 8.42 Å². The van der Waals surface area contributed by atoms with E-state index in [0.29, 0.717) is 30.2 Å². The zero-order valence-corrected chi connectivity index (χ0v) is 18.4. The number of thioether (sulfide) groups is 1. The third-order valence-corrected chi connectivity index (χ3v) is 7.32. The number of carbonyl (C=O) groups excluding carboxylic acids is 2. The quantitative estimate of drug-likeness (QED) is 0.670. The van der Waals surface area contributed by atoms with E-state index >= 15 is 0 Å². The van der Waals surface area contributed by atoms with Gasteiger partial charge >= 0.3 is 0 Å². The normalized spacial score (nSPS) is 16.2. The molecule has 2 aromatic rings. The molecule has 30 heavy (non-hydrogen) atoms. The van der Waals surface area contributed by atoms with Gasteiger partial charge in [-0.1, -0.05) is 6.92 Å². The van der Waals surface area contributed by atoms with Crippen molar-refractivity contribution in [2.24, 2.45) is 0 Å². The molecule has 0 spiro atoms. The number of rotatable bonds is 7. The average Bonchev–Trinajstić information content (AvgIpc) is 2.83. The molecule has 1 aliphatic rings. The summed E-state index contributed by atoms with van der Waals surface area (Å²) in [5.74, 6) is -0.166. The highest BCUT2D eigenvalue weighted by molar-refractivity contribution is 8.00. The summed E-state index contributed by atoms with van der Waals surface area (Å²) in [6.45, 7) is 4.38. The molecule has 2 aromatic carbocycles. The SMILES string of the molecule is CCOc1ccc(NC(=O)CCS(=O)(=O)c2ccc3c(c2)NC(=O)C[C@H](C)S3)cc1. The van der Waals surface area contributed by atoms with Gasteiger partial charge < -0.3 is 15.4 Å². The van der Waals surface area contributed by atoms with Crippen molar-refractivity contribution in [1.29, 1.82) is 0 Å². The smallest absolute Gasteiger partial charge is 0.225 e. The zero-order chi connectivity index (χ0) is 21.7. The van der Waals surface area contributed by atoms with E-state index in [1.54, 1.807) is 30.3 Å². The van der Waals surface area contributed by atoms with Crippen molar-refractivity contribution in [3.63, 3.8) is 0 Å². The van der Waals surface area contributed by atoms with Gasteiger partial charge in [0.2, 0.25) is 11.8 Å². The van der Waals surface area contributed by atoms with Crippen LogP contribution in [0.4, 0.5) is 11.4 Å². The Morgan fingerprint density at radius 1 is 1.23 bits per heavy atom. The predicted octanol–water partition coefficient (Wildman–Crippen LogP) is 3.71. The summed E-state index contributed by atoms with van der Waals surface area (Å²) in [4.78, 5) is 25.0. The van der Waals surface area contributed by atoms with E-state index in [-0.39, 0.29) is 28.2 Å². The van der Waals surface area contributed by atoms with Crippen LogP contribution < -0.4 is 15.4 Å². The number of fused-ring (bicyclic) bond motifs is 1. The molecule has 0 saturated heterocycles. The van der Waals surface area contributed by atoms with Crippen LogP contribution in [-0.2, 0) is 19.4 Å². The van der Waals surface area contributed by atoms with E-state index in [0.717, 1.165) is 4.90 Å². The number of anilines is 2. The standard InChI is InChI=1S/C21H24N2O5S2/c1-3-28-16-6-4-15(5-7-16)22-20(24)10-11-30(26,27)17-8-9-19-18(13-17)23-21(25)12-14(2)29-19/h4-9,13-14H,3,10-12H2,1-2H3,(H,22,24)(H,23,25)/t14-/m0/s1. The van der Waals surface area contributed by atoms with Crippen molar-refractivity contribution in [3.8, 4) is 5.75 Å². The summed E-state index contributed by atoms with van der Waals surface area (Å²) < 4.78 is 30.8. The van der Waals surface area contributed by atoms with Crippen LogP contribution in [0.15, 0.2) is 52.3 Å². The average molecular weight is 449 g/mol. The van der Waals surface area contributed by atoms with E-state index in [2.05, 4.69) is 10.6 Å². The second-order valence-corrected chi connectivity index (χ2v) is 10.5. The summed E-state index contributed by atoms with van der Waals surface area (Å²) in [6.07, 6.45) is 0.192. The molecule has 1 atom stereocenters. The Kier molecular flexibility index (Phi) is 7.04. The molecular formula is C21H24N2O5S2. The van der Waals surface area contributed by atoms with Crippen LogP contribution in [0.2, 0.25) is 0 Å². The number of carbonyl (C=O) groups is 2. The molecule has 160 valence electrons. The first-order chi connectivity index (χ1) is 14.3. The van der Waals surface area contributed by atoms with Crippen LogP contribution in [0, 0.1) is 0 Å². The molecule has 3 rings (SSSR count). The molecular weight excluding hydrogens is 424 g/mol. The van der Waals surface area contributed by atoms with Crippen molar-refractivity contribution in [3.05, 3.63) is 42.5 Å². The maximum atomic E-state index is 12.7. The van der Waals surface area contributed by atoms with Crippen molar-refractivity contribution >= 4 is 44.8 Å². The van der Waals surface area contributed by atoms with Gasteiger partial charge in [0.25, 0.3) is 0 Å². The highest BCUT2D eigenvalue weighted by atomic mass is 32.2. The number of amides is 2. The van der Waals surface area contributed by atoms with E-state index in [1.165, 1.54) is 23.9 Å². The van der Waals surface area contributed by atoms with Gasteiger partial charge in [-0.05, 0) is 49.4 Å². The molecule has 7 nitrogen and oxygen atoms in total. The monoisotopic (exact) mass is 448 g/mol. The van der Waals surface area contributed by atoms with Crippen LogP contribution in [0.5, 0.6) is 5.75 Å². The minimum Gasteiger partial charge on any atom is -0.494 e. The molecule has 1 aliphatic heterocycles. The minimum absolute atomic E-state index is 0.0885. The van der Waals surface area contributed by atoms with Crippen molar-refractivity contribution in [2.75, 3.05) is 23.0 Å². The molecule has 9 heteroatoms. The third kappa shape index (κ3) is 5.76. The fourth-order valence-electron chi connectivity index (χ4n) is 2.99. The summed E-state index contributed by atoms with van der Waals surface area (Å²) in [7, 11) is -3.68. The Hall–Kier alpha value is -2.52. The van der Waals surface area contributed by atoms with E-state index in [4.69, 9.17) is 4.74 Å². The number of hydrogen-bond acceptors (Lipinski definition) is 6. The van der Waals surface area contributed by atoms with Crippen molar-refractivity contribution < 1.29 is 22.7 Å².